The van der Waals surface area contributed by atoms with Crippen molar-refractivity contribution in [2.24, 2.45) is 0 Å². The number of ketones is 1. The van der Waals surface area contributed by atoms with Crippen LogP contribution in [0.25, 0.3) is 0 Å². The highest BCUT2D eigenvalue weighted by Gasteiger charge is 2.50. The van der Waals surface area contributed by atoms with Gasteiger partial charge in [-0.3, -0.25) is 14.4 Å². The first-order chi connectivity index (χ1) is 13.6. The third kappa shape index (κ3) is 8.91. The van der Waals surface area contributed by atoms with E-state index in [0.29, 0.717) is 25.9 Å². The van der Waals surface area contributed by atoms with Crippen LogP contribution >= 0.6 is 0 Å². The Kier molecular flexibility index (Phi) is 10.8. The number of carbonyl (C=O) groups excluding carboxylic acids is 4. The minimum absolute atomic E-state index is 0.152. The molecule has 0 saturated carbocycles. The van der Waals surface area contributed by atoms with Crippen LogP contribution in [-0.4, -0.2) is 60.9 Å². The number of Topliss-reactive ketones (excluding diaryl/α,β-unsaturated/α-hetero) is 1. The van der Waals surface area contributed by atoms with Gasteiger partial charge in [0.15, 0.2) is 18.5 Å². The number of nitrogens with one attached hydrogen (secondary N) is 1. The average molecular weight is 415 g/mol. The molecule has 0 spiro atoms. The van der Waals surface area contributed by atoms with Gasteiger partial charge in [-0.05, 0) is 26.2 Å². The summed E-state index contributed by atoms with van der Waals surface area (Å²) < 4.78 is 22.6. The fraction of sp³-hybridized carbons (Fsp3) is 0.800. The zero-order valence-corrected chi connectivity index (χ0v) is 17.9. The number of amides is 1. The van der Waals surface area contributed by atoms with Crippen LogP contribution in [0.2, 0.25) is 0 Å². The van der Waals surface area contributed by atoms with Crippen molar-refractivity contribution in [3.63, 3.8) is 0 Å². The summed E-state index contributed by atoms with van der Waals surface area (Å²) in [6.45, 7) is 7.59. The summed E-state index contributed by atoms with van der Waals surface area (Å²) in [5.74, 6) is -1.32. The molecule has 0 aliphatic carbocycles. The molecule has 5 unspecified atom stereocenters. The van der Waals surface area contributed by atoms with E-state index in [4.69, 9.17) is 18.9 Å². The summed E-state index contributed by atoms with van der Waals surface area (Å²) in [6.07, 6.45) is 0.0900. The van der Waals surface area contributed by atoms with Crippen molar-refractivity contribution in [3.05, 3.63) is 0 Å². The molecule has 0 aromatic rings. The van der Waals surface area contributed by atoms with Gasteiger partial charge in [0.05, 0.1) is 0 Å². The van der Waals surface area contributed by atoms with Gasteiger partial charge in [-0.2, -0.15) is 0 Å². The first kappa shape index (κ1) is 25.0. The highest BCUT2D eigenvalue weighted by atomic mass is 16.7. The number of carbonyl (C=O) groups is 4. The zero-order valence-electron chi connectivity index (χ0n) is 17.9. The quantitative estimate of drug-likeness (QED) is 0.400. The van der Waals surface area contributed by atoms with E-state index in [1.165, 1.54) is 20.8 Å². The van der Waals surface area contributed by atoms with Crippen molar-refractivity contribution >= 4 is 23.6 Å². The van der Waals surface area contributed by atoms with Crippen molar-refractivity contribution in [3.8, 4) is 0 Å². The lowest BCUT2D eigenvalue weighted by atomic mass is 9.94. The largest absolute Gasteiger partial charge is 0.456 e. The molecule has 1 amide bonds. The lowest BCUT2D eigenvalue weighted by Crippen LogP contribution is -2.65. The molecule has 5 atom stereocenters. The van der Waals surface area contributed by atoms with E-state index in [0.717, 1.165) is 12.8 Å². The van der Waals surface area contributed by atoms with E-state index < -0.39 is 42.6 Å². The Labute approximate surface area is 171 Å². The highest BCUT2D eigenvalue weighted by Crippen LogP contribution is 2.29. The van der Waals surface area contributed by atoms with Gasteiger partial charge in [-0.15, -0.1) is 0 Å². The molecule has 1 heterocycles. The van der Waals surface area contributed by atoms with Gasteiger partial charge in [-0.25, -0.2) is 0 Å². The van der Waals surface area contributed by atoms with Crippen LogP contribution in [0.4, 0.5) is 0 Å². The summed E-state index contributed by atoms with van der Waals surface area (Å²) in [4.78, 5) is 46.0. The Morgan fingerprint density at radius 3 is 2.03 bits per heavy atom. The van der Waals surface area contributed by atoms with Crippen LogP contribution < -0.4 is 5.32 Å². The first-order valence-corrected chi connectivity index (χ1v) is 10.0. The van der Waals surface area contributed by atoms with Gasteiger partial charge in [0.1, 0.15) is 17.9 Å². The van der Waals surface area contributed by atoms with E-state index in [1.54, 1.807) is 6.92 Å². The molecule has 9 nitrogen and oxygen atoms in total. The number of unbranched alkanes of at least 4 members (excludes halogenated alkanes) is 2. The summed E-state index contributed by atoms with van der Waals surface area (Å²) in [6, 6.07) is -0.833. The van der Waals surface area contributed by atoms with Crippen molar-refractivity contribution < 1.29 is 38.1 Å². The maximum absolute atomic E-state index is 11.7. The minimum atomic E-state index is -0.943. The molecule has 1 N–H and O–H groups in total. The highest BCUT2D eigenvalue weighted by molar-refractivity contribution is 5.75. The van der Waals surface area contributed by atoms with Crippen LogP contribution in [0.3, 0.4) is 0 Å². The van der Waals surface area contributed by atoms with Crippen LogP contribution in [0, 0.1) is 0 Å². The maximum atomic E-state index is 11.7. The molecule has 9 heteroatoms. The fourth-order valence-electron chi connectivity index (χ4n) is 3.28. The molecule has 29 heavy (non-hydrogen) atoms. The molecule has 166 valence electrons. The molecular weight excluding hydrogens is 382 g/mol. The van der Waals surface area contributed by atoms with Gasteiger partial charge in [0.2, 0.25) is 5.91 Å². The smallest absolute Gasteiger partial charge is 0.303 e. The number of hydrogen-bond acceptors (Lipinski definition) is 8. The molecule has 0 radical (unpaired) electrons. The van der Waals surface area contributed by atoms with Crippen molar-refractivity contribution in [1.29, 1.82) is 0 Å². The standard InChI is InChI=1S/C20H33NO8/c1-6-16-18(27-14(4)24)19(28-15(5)25)17(21-13(3)23)20(29-16)26-11-9-7-8-10-12(2)22/h16-20H,6-11H2,1-5H3,(H,21,23). The van der Waals surface area contributed by atoms with E-state index in [2.05, 4.69) is 5.32 Å². The Morgan fingerprint density at radius 1 is 0.897 bits per heavy atom. The second-order valence-corrected chi connectivity index (χ2v) is 7.21. The van der Waals surface area contributed by atoms with Gasteiger partial charge in [0.25, 0.3) is 0 Å². The molecule has 1 fully saturated rings. The van der Waals surface area contributed by atoms with Gasteiger partial charge in [-0.1, -0.05) is 13.3 Å². The Morgan fingerprint density at radius 2 is 1.52 bits per heavy atom. The Hall–Kier alpha value is -2.00. The molecule has 1 aliphatic rings. The molecule has 1 saturated heterocycles. The van der Waals surface area contributed by atoms with E-state index in [9.17, 15) is 19.2 Å². The Bertz CT molecular complexity index is 579. The van der Waals surface area contributed by atoms with Gasteiger partial charge < -0.3 is 29.1 Å². The number of ether oxygens (including phenoxy) is 4. The van der Waals surface area contributed by atoms with E-state index in [1.807, 2.05) is 6.92 Å². The molecule has 0 aromatic carbocycles. The summed E-state index contributed by atoms with van der Waals surface area (Å²) in [7, 11) is 0. The average Bonchev–Trinajstić information content (AvgIpc) is 2.60. The van der Waals surface area contributed by atoms with Crippen LogP contribution in [0.1, 0.15) is 66.7 Å². The number of esters is 2. The fourth-order valence-corrected chi connectivity index (χ4v) is 3.28. The third-order valence-electron chi connectivity index (χ3n) is 4.48. The third-order valence-corrected chi connectivity index (χ3v) is 4.48. The predicted molar refractivity (Wildman–Crippen MR) is 103 cm³/mol. The van der Waals surface area contributed by atoms with Crippen molar-refractivity contribution in [1.82, 2.24) is 5.32 Å². The minimum Gasteiger partial charge on any atom is -0.456 e. The van der Waals surface area contributed by atoms with Crippen LogP contribution in [0.5, 0.6) is 0 Å². The number of rotatable bonds is 11. The SMILES string of the molecule is CCC1OC(OCCCCCC(C)=O)C(NC(C)=O)C(OC(C)=O)C1OC(C)=O. The number of hydrogen-bond donors (Lipinski definition) is 1. The predicted octanol–water partition coefficient (Wildman–Crippen LogP) is 1.66. The molecule has 0 bridgehead atoms. The summed E-state index contributed by atoms with van der Waals surface area (Å²) >= 11 is 0. The molecule has 1 rings (SSSR count). The normalized spacial score (nSPS) is 26.4. The molecule has 1 aliphatic heterocycles. The Balaban J connectivity index is 2.91. The van der Waals surface area contributed by atoms with Crippen LogP contribution in [-0.2, 0) is 38.1 Å². The monoisotopic (exact) mass is 415 g/mol. The van der Waals surface area contributed by atoms with Gasteiger partial charge in [0, 0.05) is 33.8 Å². The zero-order chi connectivity index (χ0) is 22.0. The second-order valence-electron chi connectivity index (χ2n) is 7.21. The topological polar surface area (TPSA) is 117 Å². The lowest BCUT2D eigenvalue weighted by molar-refractivity contribution is -0.272. The van der Waals surface area contributed by atoms with Gasteiger partial charge >= 0.3 is 11.9 Å². The first-order valence-electron chi connectivity index (χ1n) is 10.0. The van der Waals surface area contributed by atoms with Crippen molar-refractivity contribution in [2.75, 3.05) is 6.61 Å². The maximum Gasteiger partial charge on any atom is 0.303 e. The van der Waals surface area contributed by atoms with Crippen LogP contribution in [0.15, 0.2) is 0 Å². The molecule has 0 aromatic heterocycles. The summed E-state index contributed by atoms with van der Waals surface area (Å²) in [5.41, 5.74) is 0. The second kappa shape index (κ2) is 12.5. The van der Waals surface area contributed by atoms with E-state index >= 15 is 0 Å². The summed E-state index contributed by atoms with van der Waals surface area (Å²) in [5, 5.41) is 2.70. The van der Waals surface area contributed by atoms with Crippen molar-refractivity contribution in [2.45, 2.75) is 97.4 Å². The molecular formula is C20H33NO8. The lowest BCUT2D eigenvalue weighted by Gasteiger charge is -2.45. The van der Waals surface area contributed by atoms with E-state index in [-0.39, 0.29) is 11.7 Å².